The molecule has 0 spiro atoms. The highest BCUT2D eigenvalue weighted by Crippen LogP contribution is 2.35. The van der Waals surface area contributed by atoms with Crippen LogP contribution in [0.15, 0.2) is 42.5 Å². The number of carbonyl (C=O) groups is 1. The summed E-state index contributed by atoms with van der Waals surface area (Å²) in [4.78, 5) is 12.3. The fourth-order valence-corrected chi connectivity index (χ4v) is 3.46. The summed E-state index contributed by atoms with van der Waals surface area (Å²) < 4.78 is 23.5. The van der Waals surface area contributed by atoms with Gasteiger partial charge in [0.05, 0.1) is 7.11 Å². The number of aromatic nitrogens is 3. The summed E-state index contributed by atoms with van der Waals surface area (Å²) in [5, 5.41) is 19.9. The van der Waals surface area contributed by atoms with E-state index in [2.05, 4.69) is 15.5 Å². The van der Waals surface area contributed by atoms with Crippen LogP contribution in [0.5, 0.6) is 23.0 Å². The zero-order valence-electron chi connectivity index (χ0n) is 17.9. The molecule has 0 saturated carbocycles. The molecule has 1 aromatic heterocycles. The Bertz CT molecular complexity index is 1160. The molecule has 33 heavy (non-hydrogen) atoms. The quantitative estimate of drug-likeness (QED) is 0.385. The highest BCUT2D eigenvalue weighted by molar-refractivity contribution is 7.71. The molecule has 1 aliphatic heterocycles. The standard InChI is InChI=1S/C22H24N4O6S/c1-29-16-4-2-14(3-5-16)21-24-25-22(33)26(21)9-8-20(28)23-11-15(27)12-30-17-6-7-18-19(10-17)32-13-31-18/h2-7,10,15,27H,8-9,11-13H2,1H3,(H,23,28)(H,25,33). The van der Waals surface area contributed by atoms with Gasteiger partial charge in [-0.05, 0) is 48.6 Å². The molecule has 0 bridgehead atoms. The van der Waals surface area contributed by atoms with Crippen molar-refractivity contribution in [3.05, 3.63) is 47.2 Å². The van der Waals surface area contributed by atoms with E-state index in [1.54, 1.807) is 29.9 Å². The van der Waals surface area contributed by atoms with Crippen molar-refractivity contribution in [2.45, 2.75) is 19.1 Å². The zero-order chi connectivity index (χ0) is 23.2. The number of nitrogens with one attached hydrogen (secondary N) is 2. The van der Waals surface area contributed by atoms with Gasteiger partial charge in [0.2, 0.25) is 12.7 Å². The van der Waals surface area contributed by atoms with E-state index in [9.17, 15) is 9.90 Å². The van der Waals surface area contributed by atoms with Crippen LogP contribution in [0, 0.1) is 4.77 Å². The van der Waals surface area contributed by atoms with Crippen molar-refractivity contribution >= 4 is 18.1 Å². The summed E-state index contributed by atoms with van der Waals surface area (Å²) in [6, 6.07) is 12.6. The van der Waals surface area contributed by atoms with Crippen molar-refractivity contribution in [1.29, 1.82) is 0 Å². The topological polar surface area (TPSA) is 120 Å². The first kappa shape index (κ1) is 22.6. The number of carbonyl (C=O) groups excluding carboxylic acids is 1. The molecule has 2 heterocycles. The Labute approximate surface area is 195 Å². The number of H-pyrrole nitrogens is 1. The number of amides is 1. The lowest BCUT2D eigenvalue weighted by Gasteiger charge is -2.14. The maximum absolute atomic E-state index is 12.3. The monoisotopic (exact) mass is 472 g/mol. The molecule has 1 aliphatic rings. The Morgan fingerprint density at radius 2 is 2.00 bits per heavy atom. The van der Waals surface area contributed by atoms with E-state index in [4.69, 9.17) is 31.2 Å². The molecule has 10 nitrogen and oxygen atoms in total. The van der Waals surface area contributed by atoms with Crippen molar-refractivity contribution in [3.63, 3.8) is 0 Å². The minimum atomic E-state index is -0.870. The highest BCUT2D eigenvalue weighted by Gasteiger charge is 2.15. The third kappa shape index (κ3) is 5.62. The summed E-state index contributed by atoms with van der Waals surface area (Å²) in [5.74, 6) is 2.95. The Morgan fingerprint density at radius 1 is 1.24 bits per heavy atom. The summed E-state index contributed by atoms with van der Waals surface area (Å²) in [6.45, 7) is 0.602. The lowest BCUT2D eigenvalue weighted by molar-refractivity contribution is -0.121. The molecule has 4 rings (SSSR count). The van der Waals surface area contributed by atoms with Crippen LogP contribution in [-0.4, -0.2) is 58.9 Å². The van der Waals surface area contributed by atoms with E-state index in [0.717, 1.165) is 11.3 Å². The Kier molecular flexibility index (Phi) is 7.10. The van der Waals surface area contributed by atoms with E-state index >= 15 is 0 Å². The van der Waals surface area contributed by atoms with Gasteiger partial charge in [-0.25, -0.2) is 0 Å². The predicted molar refractivity (Wildman–Crippen MR) is 121 cm³/mol. The number of ether oxygens (including phenoxy) is 4. The molecule has 1 unspecified atom stereocenters. The minimum absolute atomic E-state index is 0.0222. The summed E-state index contributed by atoms with van der Waals surface area (Å²) in [6.07, 6.45) is -0.697. The number of rotatable bonds is 10. The van der Waals surface area contributed by atoms with Crippen LogP contribution in [0.2, 0.25) is 0 Å². The van der Waals surface area contributed by atoms with Crippen molar-refractivity contribution < 1.29 is 28.8 Å². The van der Waals surface area contributed by atoms with E-state index in [0.29, 0.717) is 34.4 Å². The number of nitrogens with zero attached hydrogens (tertiary/aromatic N) is 2. The number of hydrogen-bond acceptors (Lipinski definition) is 8. The van der Waals surface area contributed by atoms with Gasteiger partial charge in [-0.3, -0.25) is 14.5 Å². The van der Waals surface area contributed by atoms with E-state index in [1.807, 2.05) is 24.3 Å². The average Bonchev–Trinajstić information content (AvgIpc) is 3.46. The van der Waals surface area contributed by atoms with Gasteiger partial charge in [0, 0.05) is 31.1 Å². The molecule has 2 aromatic carbocycles. The van der Waals surface area contributed by atoms with Crippen LogP contribution in [0.25, 0.3) is 11.4 Å². The summed E-state index contributed by atoms with van der Waals surface area (Å²) in [7, 11) is 1.60. The number of fused-ring (bicyclic) bond motifs is 1. The van der Waals surface area contributed by atoms with E-state index in [-0.39, 0.29) is 32.3 Å². The van der Waals surface area contributed by atoms with Gasteiger partial charge >= 0.3 is 0 Å². The number of aliphatic hydroxyl groups excluding tert-OH is 1. The molecule has 3 aromatic rings. The van der Waals surface area contributed by atoms with Gasteiger partial charge in [-0.1, -0.05) is 0 Å². The summed E-state index contributed by atoms with van der Waals surface area (Å²) in [5.41, 5.74) is 0.847. The van der Waals surface area contributed by atoms with Gasteiger partial charge in [0.1, 0.15) is 24.2 Å². The van der Waals surface area contributed by atoms with Crippen molar-refractivity contribution in [2.24, 2.45) is 0 Å². The van der Waals surface area contributed by atoms with Crippen LogP contribution in [0.3, 0.4) is 0 Å². The van der Waals surface area contributed by atoms with Crippen molar-refractivity contribution in [1.82, 2.24) is 20.1 Å². The second kappa shape index (κ2) is 10.4. The smallest absolute Gasteiger partial charge is 0.231 e. The van der Waals surface area contributed by atoms with Gasteiger partial charge in [-0.15, -0.1) is 0 Å². The zero-order valence-corrected chi connectivity index (χ0v) is 18.8. The molecule has 0 radical (unpaired) electrons. The highest BCUT2D eigenvalue weighted by atomic mass is 32.1. The molecule has 0 aliphatic carbocycles. The molecule has 0 saturated heterocycles. The molecule has 11 heteroatoms. The van der Waals surface area contributed by atoms with E-state index < -0.39 is 6.10 Å². The van der Waals surface area contributed by atoms with Crippen LogP contribution >= 0.6 is 12.2 Å². The molecule has 174 valence electrons. The second-order valence-corrected chi connectivity index (χ2v) is 7.65. The van der Waals surface area contributed by atoms with Gasteiger partial charge in [0.25, 0.3) is 0 Å². The van der Waals surface area contributed by atoms with Gasteiger partial charge in [0.15, 0.2) is 22.1 Å². The van der Waals surface area contributed by atoms with Crippen molar-refractivity contribution in [2.75, 3.05) is 27.1 Å². The fourth-order valence-electron chi connectivity index (χ4n) is 3.24. The molecule has 0 fully saturated rings. The predicted octanol–water partition coefficient (Wildman–Crippen LogP) is 2.29. The molecule has 3 N–H and O–H groups in total. The van der Waals surface area contributed by atoms with Gasteiger partial charge in [-0.2, -0.15) is 5.10 Å². The normalized spacial score (nSPS) is 12.9. The van der Waals surface area contributed by atoms with Gasteiger partial charge < -0.3 is 29.4 Å². The maximum Gasteiger partial charge on any atom is 0.231 e. The largest absolute Gasteiger partial charge is 0.497 e. The molecule has 1 amide bonds. The number of aliphatic hydroxyl groups is 1. The number of aromatic amines is 1. The lowest BCUT2D eigenvalue weighted by atomic mass is 10.2. The van der Waals surface area contributed by atoms with E-state index in [1.165, 1.54) is 0 Å². The molecule has 1 atom stereocenters. The third-order valence-corrected chi connectivity index (χ3v) is 5.30. The number of hydrogen-bond donors (Lipinski definition) is 3. The van der Waals surface area contributed by atoms with Crippen LogP contribution in [-0.2, 0) is 11.3 Å². The van der Waals surface area contributed by atoms with Crippen LogP contribution in [0.4, 0.5) is 0 Å². The first-order chi connectivity index (χ1) is 16.0. The number of methoxy groups -OCH3 is 1. The first-order valence-corrected chi connectivity index (χ1v) is 10.7. The Morgan fingerprint density at radius 3 is 2.79 bits per heavy atom. The minimum Gasteiger partial charge on any atom is -0.497 e. The van der Waals surface area contributed by atoms with Crippen LogP contribution in [0.1, 0.15) is 6.42 Å². The molecular weight excluding hydrogens is 448 g/mol. The lowest BCUT2D eigenvalue weighted by Crippen LogP contribution is -2.35. The average molecular weight is 473 g/mol. The van der Waals surface area contributed by atoms with Crippen LogP contribution < -0.4 is 24.3 Å². The second-order valence-electron chi connectivity index (χ2n) is 7.27. The Hall–Kier alpha value is -3.57. The maximum atomic E-state index is 12.3. The fraction of sp³-hybridized carbons (Fsp3) is 0.318. The SMILES string of the molecule is COc1ccc(-c2n[nH]c(=S)n2CCC(=O)NCC(O)COc2ccc3c(c2)OCO3)cc1. The molecular formula is C22H24N4O6S. The summed E-state index contributed by atoms with van der Waals surface area (Å²) >= 11 is 5.31. The Balaban J connectivity index is 1.24. The van der Waals surface area contributed by atoms with Crippen molar-refractivity contribution in [3.8, 4) is 34.4 Å². The first-order valence-electron chi connectivity index (χ1n) is 10.3. The number of benzene rings is 2. The third-order valence-electron chi connectivity index (χ3n) is 4.99.